The smallest absolute Gasteiger partial charge is 0.412 e. The van der Waals surface area contributed by atoms with Crippen molar-refractivity contribution in [2.24, 2.45) is 11.8 Å². The van der Waals surface area contributed by atoms with Gasteiger partial charge in [0.2, 0.25) is 17.6 Å². The number of carbonyl (C=O) groups is 3. The van der Waals surface area contributed by atoms with Crippen LogP contribution >= 0.6 is 0 Å². The number of hydrogen-bond acceptors (Lipinski definition) is 9. The molecule has 0 aromatic carbocycles. The minimum atomic E-state index is -0.950. The van der Waals surface area contributed by atoms with Crippen molar-refractivity contribution in [1.29, 1.82) is 0 Å². The molecule has 3 N–H and O–H groups in total. The average molecular weight is 498 g/mol. The maximum Gasteiger partial charge on any atom is 0.412 e. The zero-order chi connectivity index (χ0) is 25.8. The van der Waals surface area contributed by atoms with Crippen LogP contribution in [-0.2, 0) is 14.3 Å². The van der Waals surface area contributed by atoms with E-state index in [0.717, 1.165) is 12.8 Å². The summed E-state index contributed by atoms with van der Waals surface area (Å²) < 4.78 is 15.8. The number of nitrogens with one attached hydrogen (secondary N) is 2. The van der Waals surface area contributed by atoms with Crippen LogP contribution in [0.3, 0.4) is 0 Å². The number of aromatic nitrogens is 3. The standard InChI is InChI=1S/C24H27N5O7/c1-12-17(27-21(30)15-6-4-5-7-16(15)23(31)32)8-9-18(26-12)20-19(13(2)29-36-20)28-24(33)35-14(3)22-25-10-11-34-22/h8-11,14-16H,4-7H2,1-3H3,(H,27,30)(H,28,33)(H,31,32)/t14-,15+,16+/m1/s1. The first-order valence-electron chi connectivity index (χ1n) is 11.6. The molecule has 12 heteroatoms. The third-order valence-electron chi connectivity index (χ3n) is 6.17. The van der Waals surface area contributed by atoms with Crippen LogP contribution in [-0.4, -0.2) is 38.2 Å². The van der Waals surface area contributed by atoms with Gasteiger partial charge in [-0.05, 0) is 45.7 Å². The van der Waals surface area contributed by atoms with Crippen LogP contribution in [0.2, 0.25) is 0 Å². The number of carboxylic acid groups (broad SMARTS) is 1. The van der Waals surface area contributed by atoms with Crippen molar-refractivity contribution in [3.63, 3.8) is 0 Å². The summed E-state index contributed by atoms with van der Waals surface area (Å²) in [6.07, 6.45) is 4.01. The van der Waals surface area contributed by atoms with Crippen molar-refractivity contribution in [2.75, 3.05) is 10.6 Å². The minimum Gasteiger partial charge on any atom is -0.481 e. The van der Waals surface area contributed by atoms with Gasteiger partial charge in [0, 0.05) is 0 Å². The third-order valence-corrected chi connectivity index (χ3v) is 6.17. The van der Waals surface area contributed by atoms with Crippen LogP contribution < -0.4 is 10.6 Å². The van der Waals surface area contributed by atoms with Gasteiger partial charge in [0.1, 0.15) is 23.3 Å². The van der Waals surface area contributed by atoms with E-state index in [2.05, 4.69) is 25.8 Å². The van der Waals surface area contributed by atoms with Gasteiger partial charge in [0.25, 0.3) is 0 Å². The van der Waals surface area contributed by atoms with Gasteiger partial charge < -0.3 is 24.1 Å². The van der Waals surface area contributed by atoms with Gasteiger partial charge in [-0.3, -0.25) is 14.9 Å². The maximum atomic E-state index is 12.8. The Balaban J connectivity index is 1.47. The molecule has 0 aliphatic heterocycles. The number of amides is 2. The highest BCUT2D eigenvalue weighted by molar-refractivity contribution is 5.96. The number of oxazole rings is 1. The summed E-state index contributed by atoms with van der Waals surface area (Å²) in [4.78, 5) is 45.3. The van der Waals surface area contributed by atoms with Crippen LogP contribution in [0.1, 0.15) is 56.0 Å². The van der Waals surface area contributed by atoms with Gasteiger partial charge in [-0.1, -0.05) is 18.0 Å². The Kier molecular flexibility index (Phi) is 7.32. The lowest BCUT2D eigenvalue weighted by atomic mass is 9.78. The van der Waals surface area contributed by atoms with Gasteiger partial charge in [-0.15, -0.1) is 0 Å². The molecule has 2 amide bonds. The summed E-state index contributed by atoms with van der Waals surface area (Å²) in [6, 6.07) is 3.27. The first-order valence-corrected chi connectivity index (χ1v) is 11.6. The van der Waals surface area contributed by atoms with E-state index in [9.17, 15) is 19.5 Å². The van der Waals surface area contributed by atoms with E-state index in [-0.39, 0.29) is 23.2 Å². The number of aliphatic carboxylic acids is 1. The number of rotatable bonds is 7. The van der Waals surface area contributed by atoms with E-state index in [1.807, 2.05) is 0 Å². The number of aryl methyl sites for hydroxylation is 2. The Bertz CT molecular complexity index is 1250. The Morgan fingerprint density at radius 3 is 2.53 bits per heavy atom. The van der Waals surface area contributed by atoms with E-state index in [1.54, 1.807) is 32.9 Å². The SMILES string of the molecule is Cc1nc(-c2onc(C)c2NC(=O)O[C@H](C)c2ncco2)ccc1NC(=O)[C@H]1CCCC[C@@H]1C(=O)O. The van der Waals surface area contributed by atoms with E-state index >= 15 is 0 Å². The molecule has 3 aromatic heterocycles. The molecule has 190 valence electrons. The van der Waals surface area contributed by atoms with Crippen LogP contribution in [0.25, 0.3) is 11.5 Å². The normalized spacial score (nSPS) is 18.3. The zero-order valence-electron chi connectivity index (χ0n) is 20.1. The summed E-state index contributed by atoms with van der Waals surface area (Å²) >= 11 is 0. The van der Waals surface area contributed by atoms with E-state index in [1.165, 1.54) is 12.5 Å². The Hall–Kier alpha value is -4.22. The van der Waals surface area contributed by atoms with Gasteiger partial charge in [0.05, 0.1) is 29.4 Å². The van der Waals surface area contributed by atoms with Gasteiger partial charge in [0.15, 0.2) is 6.10 Å². The van der Waals surface area contributed by atoms with Gasteiger partial charge in [-0.25, -0.2) is 14.8 Å². The maximum absolute atomic E-state index is 12.8. The van der Waals surface area contributed by atoms with Crippen LogP contribution in [0.5, 0.6) is 0 Å². The monoisotopic (exact) mass is 497 g/mol. The van der Waals surface area contributed by atoms with E-state index in [4.69, 9.17) is 13.7 Å². The lowest BCUT2D eigenvalue weighted by Crippen LogP contribution is -2.36. The Morgan fingerprint density at radius 1 is 1.11 bits per heavy atom. The predicted octanol–water partition coefficient (Wildman–Crippen LogP) is 4.48. The molecule has 0 unspecified atom stereocenters. The summed E-state index contributed by atoms with van der Waals surface area (Å²) in [7, 11) is 0. The van der Waals surface area contributed by atoms with Gasteiger partial charge >= 0.3 is 12.1 Å². The number of hydrogen-bond donors (Lipinski definition) is 3. The molecule has 1 aliphatic carbocycles. The van der Waals surface area contributed by atoms with Crippen molar-refractivity contribution in [1.82, 2.24) is 15.1 Å². The molecule has 3 heterocycles. The van der Waals surface area contributed by atoms with E-state index in [0.29, 0.717) is 35.6 Å². The number of carbonyl (C=O) groups excluding carboxylic acids is 2. The molecule has 0 saturated heterocycles. The number of pyridine rings is 1. The molecule has 1 aliphatic rings. The van der Waals surface area contributed by atoms with Gasteiger partial charge in [-0.2, -0.15) is 0 Å². The number of carboxylic acids is 1. The molecule has 1 saturated carbocycles. The molecule has 3 atom stereocenters. The van der Waals surface area contributed by atoms with Crippen LogP contribution in [0.4, 0.5) is 16.2 Å². The number of ether oxygens (including phenoxy) is 1. The van der Waals surface area contributed by atoms with Crippen LogP contribution in [0.15, 0.2) is 33.5 Å². The summed E-state index contributed by atoms with van der Waals surface area (Å²) in [5.41, 5.74) is 2.03. The van der Waals surface area contributed by atoms with Crippen molar-refractivity contribution in [2.45, 2.75) is 52.6 Å². The quantitative estimate of drug-likeness (QED) is 0.423. The molecular weight excluding hydrogens is 470 g/mol. The molecular formula is C24H27N5O7. The third kappa shape index (κ3) is 5.37. The first kappa shape index (κ1) is 24.9. The van der Waals surface area contributed by atoms with E-state index < -0.39 is 30.0 Å². The predicted molar refractivity (Wildman–Crippen MR) is 126 cm³/mol. The lowest BCUT2D eigenvalue weighted by molar-refractivity contribution is -0.147. The fourth-order valence-electron chi connectivity index (χ4n) is 4.25. The zero-order valence-corrected chi connectivity index (χ0v) is 20.1. The average Bonchev–Trinajstić information content (AvgIpc) is 3.51. The highest BCUT2D eigenvalue weighted by atomic mass is 16.6. The Labute approximate surface area is 206 Å². The molecule has 36 heavy (non-hydrogen) atoms. The second-order valence-corrected chi connectivity index (χ2v) is 8.67. The lowest BCUT2D eigenvalue weighted by Gasteiger charge is -2.27. The molecule has 0 bridgehead atoms. The highest BCUT2D eigenvalue weighted by Gasteiger charge is 2.36. The topological polar surface area (TPSA) is 170 Å². The molecule has 12 nitrogen and oxygen atoms in total. The fourth-order valence-corrected chi connectivity index (χ4v) is 4.25. The summed E-state index contributed by atoms with van der Waals surface area (Å²) in [5, 5.41) is 18.8. The number of nitrogens with zero attached hydrogens (tertiary/aromatic N) is 3. The van der Waals surface area contributed by atoms with Crippen molar-refractivity contribution in [3.8, 4) is 11.5 Å². The second-order valence-electron chi connectivity index (χ2n) is 8.67. The summed E-state index contributed by atoms with van der Waals surface area (Å²) in [6.45, 7) is 4.98. The Morgan fingerprint density at radius 2 is 1.86 bits per heavy atom. The fraction of sp³-hybridized carbons (Fsp3) is 0.417. The second kappa shape index (κ2) is 10.6. The van der Waals surface area contributed by atoms with Crippen molar-refractivity contribution < 1.29 is 33.2 Å². The van der Waals surface area contributed by atoms with Crippen molar-refractivity contribution in [3.05, 3.63) is 41.9 Å². The van der Waals surface area contributed by atoms with Crippen molar-refractivity contribution >= 4 is 29.3 Å². The molecule has 3 aromatic rings. The highest BCUT2D eigenvalue weighted by Crippen LogP contribution is 2.33. The minimum absolute atomic E-state index is 0.215. The van der Waals surface area contributed by atoms with Crippen LogP contribution in [0, 0.1) is 25.7 Å². The molecule has 0 radical (unpaired) electrons. The molecule has 0 spiro atoms. The summed E-state index contributed by atoms with van der Waals surface area (Å²) in [5.74, 6) is -2.09. The first-order chi connectivity index (χ1) is 17.2. The number of anilines is 2. The molecule has 1 fully saturated rings. The molecule has 4 rings (SSSR count). The largest absolute Gasteiger partial charge is 0.481 e.